The zero-order valence-electron chi connectivity index (χ0n) is 25.2. The maximum absolute atomic E-state index is 13.5. The Hall–Kier alpha value is -3.34. The third-order valence-electron chi connectivity index (χ3n) is 7.09. The van der Waals surface area contributed by atoms with Crippen molar-refractivity contribution in [1.29, 1.82) is 0 Å². The van der Waals surface area contributed by atoms with Crippen molar-refractivity contribution >= 4 is 11.8 Å². The lowest BCUT2D eigenvalue weighted by Crippen LogP contribution is -2.09. The van der Waals surface area contributed by atoms with Gasteiger partial charge in [-0.05, 0) is 85.4 Å². The molecule has 0 fully saturated rings. The van der Waals surface area contributed by atoms with E-state index in [4.69, 9.17) is 9.47 Å². The number of nitrogens with zero attached hydrogens (tertiary/aromatic N) is 1. The summed E-state index contributed by atoms with van der Waals surface area (Å²) in [4.78, 5) is 25.2. The van der Waals surface area contributed by atoms with E-state index in [1.807, 2.05) is 48.1 Å². The van der Waals surface area contributed by atoms with Crippen LogP contribution in [0.5, 0.6) is 5.75 Å². The molecule has 0 aliphatic heterocycles. The number of aryl methyl sites for hydroxylation is 1. The van der Waals surface area contributed by atoms with Gasteiger partial charge in [0.1, 0.15) is 11.9 Å². The first kappa shape index (κ1) is 31.2. The number of hydrogen-bond acceptors (Lipinski definition) is 4. The van der Waals surface area contributed by atoms with Gasteiger partial charge in [-0.2, -0.15) is 0 Å². The smallest absolute Gasteiger partial charge is 0.305 e. The number of ether oxygens (including phenoxy) is 2. The molecule has 3 aromatic rings. The van der Waals surface area contributed by atoms with Gasteiger partial charge in [0.2, 0.25) is 0 Å². The van der Waals surface area contributed by atoms with Crippen molar-refractivity contribution in [2.75, 3.05) is 6.61 Å². The number of esters is 1. The predicted octanol–water partition coefficient (Wildman–Crippen LogP) is 8.69. The fourth-order valence-corrected chi connectivity index (χ4v) is 4.97. The molecule has 0 saturated heterocycles. The summed E-state index contributed by atoms with van der Waals surface area (Å²) in [7, 11) is 0. The molecule has 3 rings (SSSR count). The maximum atomic E-state index is 13.5. The number of ketones is 1. The lowest BCUT2D eigenvalue weighted by molar-refractivity contribution is -0.143. The molecule has 5 nitrogen and oxygen atoms in total. The van der Waals surface area contributed by atoms with E-state index in [1.165, 1.54) is 11.1 Å². The summed E-state index contributed by atoms with van der Waals surface area (Å²) in [5, 5.41) is 0. The van der Waals surface area contributed by atoms with Crippen LogP contribution in [0.4, 0.5) is 0 Å². The normalized spacial score (nSPS) is 12.1. The van der Waals surface area contributed by atoms with Gasteiger partial charge in [-0.3, -0.25) is 9.59 Å². The average Bonchev–Trinajstić information content (AvgIpc) is 3.36. The van der Waals surface area contributed by atoms with Crippen molar-refractivity contribution in [2.45, 2.75) is 98.6 Å². The Morgan fingerprint density at radius 2 is 1.57 bits per heavy atom. The van der Waals surface area contributed by atoms with Gasteiger partial charge in [0.15, 0.2) is 5.78 Å². The Morgan fingerprint density at radius 3 is 2.17 bits per heavy atom. The van der Waals surface area contributed by atoms with E-state index in [0.29, 0.717) is 43.0 Å². The quantitative estimate of drug-likeness (QED) is 0.133. The van der Waals surface area contributed by atoms with E-state index in [-0.39, 0.29) is 23.8 Å². The number of benzene rings is 2. The number of rotatable bonds is 16. The van der Waals surface area contributed by atoms with Crippen molar-refractivity contribution in [1.82, 2.24) is 4.57 Å². The molecule has 2 aromatic carbocycles. The molecule has 0 amide bonds. The first-order valence-electron chi connectivity index (χ1n) is 15.0. The molecule has 1 unspecified atom stereocenters. The van der Waals surface area contributed by atoms with Crippen LogP contribution in [-0.4, -0.2) is 22.9 Å². The van der Waals surface area contributed by atoms with Gasteiger partial charge in [0.25, 0.3) is 0 Å². The SMILES string of the molecule is CCCCC(Oc1ccc(C(=O)c2cn(CCCC(=O)OCC)cc2C(C)C)cc1)c1ccc(CC(C)C)cc1. The summed E-state index contributed by atoms with van der Waals surface area (Å²) in [5.41, 5.74) is 4.90. The van der Waals surface area contributed by atoms with Crippen LogP contribution in [0.25, 0.3) is 0 Å². The third kappa shape index (κ3) is 9.11. The summed E-state index contributed by atoms with van der Waals surface area (Å²) in [6.07, 6.45) is 9.18. The van der Waals surface area contributed by atoms with Crippen LogP contribution in [-0.2, 0) is 22.5 Å². The van der Waals surface area contributed by atoms with Crippen molar-refractivity contribution < 1.29 is 19.1 Å². The zero-order chi connectivity index (χ0) is 29.1. The highest BCUT2D eigenvalue weighted by Gasteiger charge is 2.20. The van der Waals surface area contributed by atoms with Crippen LogP contribution in [0.2, 0.25) is 0 Å². The van der Waals surface area contributed by atoms with E-state index in [0.717, 1.165) is 37.0 Å². The van der Waals surface area contributed by atoms with Crippen molar-refractivity contribution in [3.63, 3.8) is 0 Å². The molecule has 1 atom stereocenters. The van der Waals surface area contributed by atoms with Crippen LogP contribution in [0, 0.1) is 5.92 Å². The highest BCUT2D eigenvalue weighted by Crippen LogP contribution is 2.29. The number of carbonyl (C=O) groups excluding carboxylic acids is 2. The lowest BCUT2D eigenvalue weighted by Gasteiger charge is -2.20. The second kappa shape index (κ2) is 15.4. The molecule has 0 bridgehead atoms. The summed E-state index contributed by atoms with van der Waals surface area (Å²) >= 11 is 0. The van der Waals surface area contributed by atoms with Crippen LogP contribution >= 0.6 is 0 Å². The number of hydrogen-bond donors (Lipinski definition) is 0. The minimum Gasteiger partial charge on any atom is -0.486 e. The Bertz CT molecular complexity index is 1210. The molecule has 0 spiro atoms. The summed E-state index contributed by atoms with van der Waals surface area (Å²) in [5.74, 6) is 1.43. The van der Waals surface area contributed by atoms with Gasteiger partial charge in [-0.15, -0.1) is 0 Å². The Balaban J connectivity index is 1.72. The van der Waals surface area contributed by atoms with E-state index >= 15 is 0 Å². The topological polar surface area (TPSA) is 57.5 Å². The predicted molar refractivity (Wildman–Crippen MR) is 162 cm³/mol. The molecule has 0 radical (unpaired) electrons. The minimum absolute atomic E-state index is 0.00247. The van der Waals surface area contributed by atoms with Crippen LogP contribution in [0.3, 0.4) is 0 Å². The van der Waals surface area contributed by atoms with E-state index in [2.05, 4.69) is 58.9 Å². The molecule has 0 N–H and O–H groups in total. The van der Waals surface area contributed by atoms with E-state index in [1.54, 1.807) is 0 Å². The van der Waals surface area contributed by atoms with E-state index in [9.17, 15) is 9.59 Å². The van der Waals surface area contributed by atoms with Gasteiger partial charge in [-0.25, -0.2) is 0 Å². The summed E-state index contributed by atoms with van der Waals surface area (Å²) < 4.78 is 13.5. The molecule has 1 heterocycles. The van der Waals surface area contributed by atoms with Crippen molar-refractivity contribution in [3.8, 4) is 5.75 Å². The Morgan fingerprint density at radius 1 is 0.875 bits per heavy atom. The molecule has 40 heavy (non-hydrogen) atoms. The number of unbranched alkanes of at least 4 members (excludes halogenated alkanes) is 1. The molecule has 0 aliphatic carbocycles. The standard InChI is InChI=1S/C35H47NO4/c1-7-9-11-33(28-15-13-27(14-16-28)22-25(3)4)40-30-19-17-29(18-20-30)35(38)32-24-36(23-31(32)26(5)6)21-10-12-34(37)39-8-2/h13-20,23-26,33H,7-12,21-22H2,1-6H3. The first-order valence-corrected chi connectivity index (χ1v) is 15.0. The molecular weight excluding hydrogens is 498 g/mol. The summed E-state index contributed by atoms with van der Waals surface area (Å²) in [6, 6.07) is 16.4. The second-order valence-electron chi connectivity index (χ2n) is 11.4. The number of aromatic nitrogens is 1. The average molecular weight is 546 g/mol. The van der Waals surface area contributed by atoms with Crippen molar-refractivity contribution in [3.05, 3.63) is 88.7 Å². The van der Waals surface area contributed by atoms with E-state index < -0.39 is 0 Å². The molecule has 1 aromatic heterocycles. The number of carbonyl (C=O) groups is 2. The molecule has 216 valence electrons. The van der Waals surface area contributed by atoms with Crippen LogP contribution in [0.15, 0.2) is 60.9 Å². The Labute approximate surface area is 240 Å². The van der Waals surface area contributed by atoms with Gasteiger partial charge in [-0.1, -0.05) is 65.3 Å². The Kier molecular flexibility index (Phi) is 12.0. The molecular formula is C35H47NO4. The second-order valence-corrected chi connectivity index (χ2v) is 11.4. The third-order valence-corrected chi connectivity index (χ3v) is 7.09. The first-order chi connectivity index (χ1) is 19.2. The molecule has 0 saturated carbocycles. The zero-order valence-corrected chi connectivity index (χ0v) is 25.2. The minimum atomic E-state index is -0.183. The fraction of sp³-hybridized carbons (Fsp3) is 0.486. The highest BCUT2D eigenvalue weighted by atomic mass is 16.5. The lowest BCUT2D eigenvalue weighted by atomic mass is 9.96. The summed E-state index contributed by atoms with van der Waals surface area (Å²) in [6.45, 7) is 13.7. The fourth-order valence-electron chi connectivity index (χ4n) is 4.97. The largest absolute Gasteiger partial charge is 0.486 e. The highest BCUT2D eigenvalue weighted by molar-refractivity contribution is 6.10. The van der Waals surface area contributed by atoms with Gasteiger partial charge < -0.3 is 14.0 Å². The maximum Gasteiger partial charge on any atom is 0.305 e. The molecule has 5 heteroatoms. The molecule has 0 aliphatic rings. The van der Waals surface area contributed by atoms with Gasteiger partial charge in [0, 0.05) is 36.5 Å². The van der Waals surface area contributed by atoms with Crippen molar-refractivity contribution in [2.24, 2.45) is 5.92 Å². The monoisotopic (exact) mass is 545 g/mol. The van der Waals surface area contributed by atoms with Crippen LogP contribution < -0.4 is 4.74 Å². The van der Waals surface area contributed by atoms with Gasteiger partial charge >= 0.3 is 5.97 Å². The van der Waals surface area contributed by atoms with Gasteiger partial charge in [0.05, 0.1) is 6.61 Å². The van der Waals surface area contributed by atoms with Crippen LogP contribution in [0.1, 0.15) is 118 Å².